The minimum absolute atomic E-state index is 0.190. The van der Waals surface area contributed by atoms with Crippen molar-refractivity contribution in [3.8, 4) is 0 Å². The van der Waals surface area contributed by atoms with Crippen LogP contribution in [-0.4, -0.2) is 42.4 Å². The van der Waals surface area contributed by atoms with Crippen LogP contribution in [-0.2, 0) is 0 Å². The van der Waals surface area contributed by atoms with Crippen LogP contribution in [0.1, 0.15) is 25.3 Å². The van der Waals surface area contributed by atoms with E-state index >= 15 is 0 Å². The van der Waals surface area contributed by atoms with Crippen LogP contribution < -0.4 is 5.32 Å². The van der Waals surface area contributed by atoms with Crippen molar-refractivity contribution in [1.29, 1.82) is 0 Å². The van der Waals surface area contributed by atoms with E-state index in [0.29, 0.717) is 10.0 Å². The number of pyridine rings is 1. The molecule has 0 amide bonds. The van der Waals surface area contributed by atoms with E-state index in [2.05, 4.69) is 36.2 Å². The smallest absolute Gasteiger partial charge is 0.133 e. The predicted octanol–water partition coefficient (Wildman–Crippen LogP) is 6.13. The van der Waals surface area contributed by atoms with Crippen LogP contribution in [0, 0.1) is 0 Å². The Kier molecular flexibility index (Phi) is 7.48. The third kappa shape index (κ3) is 6.17. The highest BCUT2D eigenvalue weighted by Crippen LogP contribution is 2.25. The fourth-order valence-electron chi connectivity index (χ4n) is 3.13. The first-order valence-electron chi connectivity index (χ1n) is 9.72. The van der Waals surface area contributed by atoms with Crippen LogP contribution in [0.25, 0.3) is 10.9 Å². The van der Waals surface area contributed by atoms with Crippen molar-refractivity contribution in [1.82, 2.24) is 9.88 Å². The zero-order valence-electron chi connectivity index (χ0n) is 17.0. The highest BCUT2D eigenvalue weighted by molar-refractivity contribution is 6.31. The Balaban J connectivity index is 1.91. The molecule has 0 aliphatic carbocycles. The number of halogens is 2. The first-order valence-corrected chi connectivity index (χ1v) is 10.5. The fourth-order valence-corrected chi connectivity index (χ4v) is 3.42. The molecule has 0 radical (unpaired) electrons. The molecule has 0 fully saturated rings. The van der Waals surface area contributed by atoms with Gasteiger partial charge in [-0.25, -0.2) is 0 Å². The molecule has 0 spiro atoms. The van der Waals surface area contributed by atoms with E-state index in [1.165, 1.54) is 0 Å². The predicted molar refractivity (Wildman–Crippen MR) is 126 cm³/mol. The highest BCUT2D eigenvalue weighted by atomic mass is 35.5. The third-order valence-electron chi connectivity index (χ3n) is 4.65. The molecule has 1 aromatic heterocycles. The molecular formula is C23H26Cl2N4. The minimum Gasteiger partial charge on any atom is -0.339 e. The molecule has 0 saturated carbocycles. The molecule has 1 heterocycles. The molecule has 0 unspecified atom stereocenters. The SMILES string of the molecule is C[C@@H](CCCN(C)C)N=C(Nc1ccnc2cc(Cl)ccc12)c1ccc(Cl)cc1. The molecule has 1 N–H and O–H groups in total. The number of nitrogens with zero attached hydrogens (tertiary/aromatic N) is 3. The van der Waals surface area contributed by atoms with Crippen molar-refractivity contribution in [2.24, 2.45) is 4.99 Å². The van der Waals surface area contributed by atoms with Crippen LogP contribution in [0.15, 0.2) is 59.7 Å². The number of aliphatic imine (C=N–C) groups is 1. The summed E-state index contributed by atoms with van der Waals surface area (Å²) in [6, 6.07) is 15.6. The number of nitrogens with one attached hydrogen (secondary N) is 1. The Bertz CT molecular complexity index is 984. The summed E-state index contributed by atoms with van der Waals surface area (Å²) < 4.78 is 0. The first kappa shape index (κ1) is 21.6. The number of amidine groups is 1. The number of aromatic nitrogens is 1. The Morgan fingerprint density at radius 2 is 1.79 bits per heavy atom. The van der Waals surface area contributed by atoms with Crippen molar-refractivity contribution in [2.45, 2.75) is 25.8 Å². The van der Waals surface area contributed by atoms with E-state index < -0.39 is 0 Å². The summed E-state index contributed by atoms with van der Waals surface area (Å²) in [6.07, 6.45) is 3.90. The Morgan fingerprint density at radius 1 is 1.07 bits per heavy atom. The lowest BCUT2D eigenvalue weighted by molar-refractivity contribution is 0.387. The summed E-state index contributed by atoms with van der Waals surface area (Å²) >= 11 is 12.2. The summed E-state index contributed by atoms with van der Waals surface area (Å²) in [5, 5.41) is 5.89. The van der Waals surface area contributed by atoms with Gasteiger partial charge in [-0.05, 0) is 88.9 Å². The van der Waals surface area contributed by atoms with Crippen LogP contribution in [0.3, 0.4) is 0 Å². The molecule has 1 atom stereocenters. The van der Waals surface area contributed by atoms with Gasteiger partial charge in [0.1, 0.15) is 5.84 Å². The van der Waals surface area contributed by atoms with E-state index in [1.807, 2.05) is 48.5 Å². The van der Waals surface area contributed by atoms with E-state index in [9.17, 15) is 0 Å². The summed E-state index contributed by atoms with van der Waals surface area (Å²) in [5.41, 5.74) is 2.78. The summed E-state index contributed by atoms with van der Waals surface area (Å²) in [5.74, 6) is 0.821. The van der Waals surface area contributed by atoms with Gasteiger partial charge >= 0.3 is 0 Å². The topological polar surface area (TPSA) is 40.5 Å². The molecule has 0 aliphatic rings. The van der Waals surface area contributed by atoms with Crippen LogP contribution in [0.2, 0.25) is 10.0 Å². The standard InChI is InChI=1S/C23H26Cl2N4/c1-16(5-4-14-29(2)3)27-23(17-6-8-18(24)9-7-17)28-21-12-13-26-22-15-19(25)10-11-20(21)22/h6-13,15-16H,4-5,14H2,1-3H3,(H,26,27,28)/t16-/m0/s1. The summed E-state index contributed by atoms with van der Waals surface area (Å²) in [6.45, 7) is 3.21. The second kappa shape index (κ2) is 10.1. The lowest BCUT2D eigenvalue weighted by Gasteiger charge is -2.16. The van der Waals surface area contributed by atoms with Crippen molar-refractivity contribution in [3.05, 3.63) is 70.3 Å². The van der Waals surface area contributed by atoms with Gasteiger partial charge in [-0.15, -0.1) is 0 Å². The lowest BCUT2D eigenvalue weighted by atomic mass is 10.1. The summed E-state index contributed by atoms with van der Waals surface area (Å²) in [4.78, 5) is 11.6. The van der Waals surface area contributed by atoms with Gasteiger partial charge in [-0.1, -0.05) is 23.2 Å². The minimum atomic E-state index is 0.190. The van der Waals surface area contributed by atoms with E-state index in [4.69, 9.17) is 28.2 Å². The molecule has 0 aliphatic heterocycles. The number of anilines is 1. The van der Waals surface area contributed by atoms with Crippen LogP contribution >= 0.6 is 23.2 Å². The molecule has 0 saturated heterocycles. The van der Waals surface area contributed by atoms with Crippen molar-refractivity contribution < 1.29 is 0 Å². The van der Waals surface area contributed by atoms with Gasteiger partial charge in [0.2, 0.25) is 0 Å². The summed E-state index contributed by atoms with van der Waals surface area (Å²) in [7, 11) is 4.19. The number of hydrogen-bond acceptors (Lipinski definition) is 3. The van der Waals surface area contributed by atoms with Gasteiger partial charge in [-0.3, -0.25) is 9.98 Å². The van der Waals surface area contributed by atoms with Crippen LogP contribution in [0.5, 0.6) is 0 Å². The van der Waals surface area contributed by atoms with Crippen molar-refractivity contribution >= 4 is 45.6 Å². The van der Waals surface area contributed by atoms with E-state index in [0.717, 1.165) is 47.4 Å². The molecule has 3 rings (SSSR count). The largest absolute Gasteiger partial charge is 0.339 e. The molecule has 152 valence electrons. The van der Waals surface area contributed by atoms with Gasteiger partial charge in [0.05, 0.1) is 11.2 Å². The molecule has 0 bridgehead atoms. The quantitative estimate of drug-likeness (QED) is 0.363. The monoisotopic (exact) mass is 428 g/mol. The Hall–Kier alpha value is -2.14. The van der Waals surface area contributed by atoms with E-state index in [1.54, 1.807) is 6.20 Å². The highest BCUT2D eigenvalue weighted by Gasteiger charge is 2.10. The normalized spacial score (nSPS) is 13.1. The van der Waals surface area contributed by atoms with Gasteiger partial charge in [0, 0.05) is 33.2 Å². The van der Waals surface area contributed by atoms with Gasteiger partial charge in [0.15, 0.2) is 0 Å². The average molecular weight is 429 g/mol. The maximum atomic E-state index is 6.13. The van der Waals surface area contributed by atoms with Gasteiger partial charge < -0.3 is 10.2 Å². The average Bonchev–Trinajstić information content (AvgIpc) is 2.67. The van der Waals surface area contributed by atoms with Crippen molar-refractivity contribution in [2.75, 3.05) is 26.0 Å². The zero-order valence-corrected chi connectivity index (χ0v) is 18.5. The second-order valence-electron chi connectivity index (χ2n) is 7.42. The van der Waals surface area contributed by atoms with Crippen molar-refractivity contribution in [3.63, 3.8) is 0 Å². The fraction of sp³-hybridized carbons (Fsp3) is 0.304. The molecule has 6 heteroatoms. The van der Waals surface area contributed by atoms with Crippen LogP contribution in [0.4, 0.5) is 5.69 Å². The van der Waals surface area contributed by atoms with Gasteiger partial charge in [0.25, 0.3) is 0 Å². The molecule has 2 aromatic carbocycles. The number of rotatable bonds is 7. The number of benzene rings is 2. The number of fused-ring (bicyclic) bond motifs is 1. The zero-order chi connectivity index (χ0) is 20.8. The lowest BCUT2D eigenvalue weighted by Crippen LogP contribution is -2.18. The molecule has 4 nitrogen and oxygen atoms in total. The Labute approximate surface area is 182 Å². The maximum Gasteiger partial charge on any atom is 0.133 e. The van der Waals surface area contributed by atoms with E-state index in [-0.39, 0.29) is 6.04 Å². The van der Waals surface area contributed by atoms with Gasteiger partial charge in [-0.2, -0.15) is 0 Å². The maximum absolute atomic E-state index is 6.13. The molecule has 29 heavy (non-hydrogen) atoms. The first-order chi connectivity index (χ1) is 13.9. The molecular weight excluding hydrogens is 403 g/mol. The Morgan fingerprint density at radius 3 is 2.52 bits per heavy atom. The number of hydrogen-bond donors (Lipinski definition) is 1. The third-order valence-corrected chi connectivity index (χ3v) is 5.14. The molecule has 3 aromatic rings. The second-order valence-corrected chi connectivity index (χ2v) is 8.30.